The predicted octanol–water partition coefficient (Wildman–Crippen LogP) is 2.94. The molecular weight excluding hydrogens is 324 g/mol. The molecule has 3 aromatic rings. The van der Waals surface area contributed by atoms with Crippen LogP contribution in [0, 0.1) is 6.92 Å². The Labute approximate surface area is 141 Å². The number of rotatable bonds is 5. The molecular formula is C17H18N4O2S. The minimum Gasteiger partial charge on any atom is -0.288 e. The third-order valence-corrected chi connectivity index (χ3v) is 5.15. The summed E-state index contributed by atoms with van der Waals surface area (Å²) in [5.74, 6) is 0. The molecule has 124 valence electrons. The van der Waals surface area contributed by atoms with Crippen molar-refractivity contribution in [1.82, 2.24) is 14.8 Å². The van der Waals surface area contributed by atoms with Gasteiger partial charge in [0.15, 0.2) is 0 Å². The molecule has 2 aromatic carbocycles. The maximum absolute atomic E-state index is 12.6. The van der Waals surface area contributed by atoms with Gasteiger partial charge in [0, 0.05) is 0 Å². The van der Waals surface area contributed by atoms with Crippen LogP contribution in [0.5, 0.6) is 0 Å². The smallest absolute Gasteiger partial charge is 0.261 e. The van der Waals surface area contributed by atoms with Crippen LogP contribution in [0.3, 0.4) is 0 Å². The highest BCUT2D eigenvalue weighted by atomic mass is 32.2. The van der Waals surface area contributed by atoms with E-state index in [-0.39, 0.29) is 4.90 Å². The van der Waals surface area contributed by atoms with E-state index >= 15 is 0 Å². The molecule has 0 saturated heterocycles. The van der Waals surface area contributed by atoms with Gasteiger partial charge in [-0.2, -0.15) is 0 Å². The Bertz CT molecular complexity index is 933. The molecule has 0 aliphatic heterocycles. The maximum atomic E-state index is 12.6. The summed E-state index contributed by atoms with van der Waals surface area (Å²) in [6, 6.07) is 12.4. The lowest BCUT2D eigenvalue weighted by Crippen LogP contribution is -2.14. The third kappa shape index (κ3) is 3.30. The average Bonchev–Trinajstić information content (AvgIpc) is 3.09. The van der Waals surface area contributed by atoms with Crippen LogP contribution in [0.2, 0.25) is 0 Å². The lowest BCUT2D eigenvalue weighted by atomic mass is 10.1. The van der Waals surface area contributed by atoms with Gasteiger partial charge in [0.2, 0.25) is 0 Å². The highest BCUT2D eigenvalue weighted by molar-refractivity contribution is 7.92. The van der Waals surface area contributed by atoms with E-state index in [1.54, 1.807) is 47.6 Å². The largest absolute Gasteiger partial charge is 0.288 e. The van der Waals surface area contributed by atoms with Crippen LogP contribution in [-0.2, 0) is 16.4 Å². The van der Waals surface area contributed by atoms with Gasteiger partial charge in [0.25, 0.3) is 10.0 Å². The van der Waals surface area contributed by atoms with E-state index in [0.717, 1.165) is 16.8 Å². The molecule has 1 aromatic heterocycles. The number of nitrogens with zero attached hydrogens (tertiary/aromatic N) is 3. The monoisotopic (exact) mass is 342 g/mol. The van der Waals surface area contributed by atoms with Crippen molar-refractivity contribution in [2.75, 3.05) is 4.72 Å². The number of nitrogens with one attached hydrogen (secondary N) is 1. The minimum atomic E-state index is -3.64. The van der Waals surface area contributed by atoms with Crippen LogP contribution in [0.25, 0.3) is 5.69 Å². The van der Waals surface area contributed by atoms with Gasteiger partial charge in [0.05, 0.1) is 16.3 Å². The van der Waals surface area contributed by atoms with Gasteiger partial charge in [-0.3, -0.25) is 9.29 Å². The van der Waals surface area contributed by atoms with E-state index < -0.39 is 10.0 Å². The summed E-state index contributed by atoms with van der Waals surface area (Å²) in [6.07, 6.45) is 3.85. The summed E-state index contributed by atoms with van der Waals surface area (Å²) in [7, 11) is -3.64. The van der Waals surface area contributed by atoms with Crippen molar-refractivity contribution in [2.45, 2.75) is 25.2 Å². The minimum absolute atomic E-state index is 0.241. The van der Waals surface area contributed by atoms with Crippen molar-refractivity contribution in [2.24, 2.45) is 0 Å². The van der Waals surface area contributed by atoms with E-state index in [0.29, 0.717) is 12.1 Å². The Morgan fingerprint density at radius 1 is 1.04 bits per heavy atom. The summed E-state index contributed by atoms with van der Waals surface area (Å²) in [4.78, 5) is 0.241. The van der Waals surface area contributed by atoms with Crippen LogP contribution in [-0.4, -0.2) is 23.2 Å². The Morgan fingerprint density at radius 2 is 1.71 bits per heavy atom. The summed E-state index contributed by atoms with van der Waals surface area (Å²) >= 11 is 0. The Morgan fingerprint density at radius 3 is 2.33 bits per heavy atom. The summed E-state index contributed by atoms with van der Waals surface area (Å²) in [5, 5.41) is 7.55. The fraction of sp³-hybridized carbons (Fsp3) is 0.176. The summed E-state index contributed by atoms with van der Waals surface area (Å²) in [6.45, 7) is 3.90. The lowest BCUT2D eigenvalue weighted by Gasteiger charge is -2.14. The number of aromatic nitrogens is 3. The SMILES string of the molecule is CCc1ccc(-n2cnnc2)cc1NS(=O)(=O)c1ccc(C)cc1. The first kappa shape index (κ1) is 16.2. The standard InChI is InChI=1S/C17H18N4O2S/c1-3-14-6-7-15(21-11-18-19-12-21)10-17(14)20-24(22,23)16-8-4-13(2)5-9-16/h4-12,20H,3H2,1-2H3. The molecule has 7 heteroatoms. The summed E-state index contributed by atoms with van der Waals surface area (Å²) < 4.78 is 29.7. The molecule has 0 aliphatic carbocycles. The molecule has 0 unspecified atom stereocenters. The van der Waals surface area contributed by atoms with Crippen molar-refractivity contribution in [1.29, 1.82) is 0 Å². The van der Waals surface area contributed by atoms with Crippen molar-refractivity contribution in [3.05, 3.63) is 66.2 Å². The molecule has 24 heavy (non-hydrogen) atoms. The Balaban J connectivity index is 1.99. The molecule has 0 fully saturated rings. The molecule has 0 aliphatic rings. The Hall–Kier alpha value is -2.67. The molecule has 3 rings (SSSR count). The van der Waals surface area contributed by atoms with Gasteiger partial charge in [-0.05, 0) is 43.2 Å². The Kier molecular flexibility index (Phi) is 4.35. The number of aryl methyl sites for hydroxylation is 2. The normalized spacial score (nSPS) is 11.4. The van der Waals surface area contributed by atoms with Gasteiger partial charge < -0.3 is 0 Å². The van der Waals surface area contributed by atoms with E-state index in [4.69, 9.17) is 0 Å². The molecule has 6 nitrogen and oxygen atoms in total. The zero-order chi connectivity index (χ0) is 17.2. The van der Waals surface area contributed by atoms with E-state index in [1.165, 1.54) is 0 Å². The van der Waals surface area contributed by atoms with Gasteiger partial charge in [-0.1, -0.05) is 30.7 Å². The van der Waals surface area contributed by atoms with Gasteiger partial charge in [-0.25, -0.2) is 8.42 Å². The molecule has 0 saturated carbocycles. The maximum Gasteiger partial charge on any atom is 0.261 e. The van der Waals surface area contributed by atoms with Gasteiger partial charge >= 0.3 is 0 Å². The molecule has 0 atom stereocenters. The van der Waals surface area contributed by atoms with Crippen molar-refractivity contribution < 1.29 is 8.42 Å². The van der Waals surface area contributed by atoms with Crippen LogP contribution in [0.1, 0.15) is 18.1 Å². The third-order valence-electron chi connectivity index (χ3n) is 3.77. The van der Waals surface area contributed by atoms with Gasteiger partial charge in [-0.15, -0.1) is 10.2 Å². The van der Waals surface area contributed by atoms with Crippen LogP contribution in [0.15, 0.2) is 60.0 Å². The highest BCUT2D eigenvalue weighted by Gasteiger charge is 2.16. The van der Waals surface area contributed by atoms with Crippen LogP contribution < -0.4 is 4.72 Å². The molecule has 0 spiro atoms. The van der Waals surface area contributed by atoms with Crippen LogP contribution in [0.4, 0.5) is 5.69 Å². The second kappa shape index (κ2) is 6.45. The van der Waals surface area contributed by atoms with Crippen molar-refractivity contribution >= 4 is 15.7 Å². The molecule has 1 N–H and O–H groups in total. The lowest BCUT2D eigenvalue weighted by molar-refractivity contribution is 0.601. The quantitative estimate of drug-likeness (QED) is 0.773. The van der Waals surface area contributed by atoms with E-state index in [1.807, 2.05) is 26.0 Å². The number of sulfonamides is 1. The number of anilines is 1. The number of hydrogen-bond acceptors (Lipinski definition) is 4. The number of hydrogen-bond donors (Lipinski definition) is 1. The molecule has 0 radical (unpaired) electrons. The molecule has 0 bridgehead atoms. The highest BCUT2D eigenvalue weighted by Crippen LogP contribution is 2.24. The predicted molar refractivity (Wildman–Crippen MR) is 92.7 cm³/mol. The van der Waals surface area contributed by atoms with Crippen molar-refractivity contribution in [3.8, 4) is 5.69 Å². The van der Waals surface area contributed by atoms with E-state index in [9.17, 15) is 8.42 Å². The average molecular weight is 342 g/mol. The van der Waals surface area contributed by atoms with Gasteiger partial charge in [0.1, 0.15) is 12.7 Å². The summed E-state index contributed by atoms with van der Waals surface area (Å²) in [5.41, 5.74) is 3.28. The second-order valence-corrected chi connectivity index (χ2v) is 7.17. The first-order valence-electron chi connectivity index (χ1n) is 7.57. The molecule has 1 heterocycles. The van der Waals surface area contributed by atoms with Crippen molar-refractivity contribution in [3.63, 3.8) is 0 Å². The zero-order valence-electron chi connectivity index (χ0n) is 13.5. The first-order chi connectivity index (χ1) is 11.5. The zero-order valence-corrected chi connectivity index (χ0v) is 14.3. The topological polar surface area (TPSA) is 76.9 Å². The first-order valence-corrected chi connectivity index (χ1v) is 9.05. The fourth-order valence-electron chi connectivity index (χ4n) is 2.38. The number of benzene rings is 2. The molecule has 0 amide bonds. The van der Waals surface area contributed by atoms with E-state index in [2.05, 4.69) is 14.9 Å². The van der Waals surface area contributed by atoms with Crippen LogP contribution >= 0.6 is 0 Å². The second-order valence-electron chi connectivity index (χ2n) is 5.48. The fourth-order valence-corrected chi connectivity index (χ4v) is 3.48.